The molecule has 1 aliphatic rings. The second kappa shape index (κ2) is 20.0. The molecule has 0 spiro atoms. The van der Waals surface area contributed by atoms with Crippen LogP contribution < -0.4 is 20.7 Å². The third-order valence-electron chi connectivity index (χ3n) is 9.72. The highest BCUT2D eigenvalue weighted by Crippen LogP contribution is 2.41. The van der Waals surface area contributed by atoms with Crippen molar-refractivity contribution < 1.29 is 28.7 Å². The normalized spacial score (nSPS) is 13.1. The number of thiophene rings is 1. The molecule has 304 valence electrons. The number of rotatable bonds is 15. The van der Waals surface area contributed by atoms with E-state index in [9.17, 15) is 19.2 Å². The Labute approximate surface area is 357 Å². The molecule has 1 unspecified atom stereocenters. The highest BCUT2D eigenvalue weighted by atomic mass is 32.2. The molecule has 1 aromatic heterocycles. The van der Waals surface area contributed by atoms with Crippen molar-refractivity contribution in [3.63, 3.8) is 0 Å². The summed E-state index contributed by atoms with van der Waals surface area (Å²) in [5, 5.41) is 8.58. The van der Waals surface area contributed by atoms with Crippen molar-refractivity contribution in [2.75, 3.05) is 30.9 Å². The first kappa shape index (κ1) is 41.7. The van der Waals surface area contributed by atoms with Gasteiger partial charge in [0.15, 0.2) is 0 Å². The van der Waals surface area contributed by atoms with Gasteiger partial charge in [0.25, 0.3) is 11.8 Å². The van der Waals surface area contributed by atoms with E-state index in [1.165, 1.54) is 28.7 Å². The third kappa shape index (κ3) is 10.6. The van der Waals surface area contributed by atoms with Gasteiger partial charge in [-0.15, -0.1) is 23.1 Å². The highest BCUT2D eigenvalue weighted by molar-refractivity contribution is 8.00. The van der Waals surface area contributed by atoms with E-state index in [-0.39, 0.29) is 18.2 Å². The zero-order chi connectivity index (χ0) is 41.8. The van der Waals surface area contributed by atoms with Gasteiger partial charge in [0.05, 0.1) is 19.3 Å². The largest absolute Gasteiger partial charge is 0.497 e. The zero-order valence-electron chi connectivity index (χ0n) is 33.2. The van der Waals surface area contributed by atoms with Crippen molar-refractivity contribution >= 4 is 63.6 Å². The Morgan fingerprint density at radius 3 is 2.28 bits per heavy atom. The van der Waals surface area contributed by atoms with E-state index in [0.29, 0.717) is 51.0 Å². The van der Waals surface area contributed by atoms with Crippen molar-refractivity contribution in [1.82, 2.24) is 10.2 Å². The topological polar surface area (TPSA) is 126 Å². The fourth-order valence-corrected chi connectivity index (χ4v) is 9.21. The monoisotopic (exact) mass is 836 g/mol. The molecule has 60 heavy (non-hydrogen) atoms. The first-order chi connectivity index (χ1) is 29.3. The predicted octanol–water partition coefficient (Wildman–Crippen LogP) is 9.37. The van der Waals surface area contributed by atoms with Gasteiger partial charge in [-0.3, -0.25) is 19.3 Å². The maximum absolute atomic E-state index is 14.4. The van der Waals surface area contributed by atoms with Gasteiger partial charge in [-0.05, 0) is 84.1 Å². The molecule has 7 rings (SSSR count). The van der Waals surface area contributed by atoms with Crippen LogP contribution in [-0.2, 0) is 33.8 Å². The Morgan fingerprint density at radius 1 is 0.833 bits per heavy atom. The fraction of sp³-hybridized carbons (Fsp3) is 0.167. The highest BCUT2D eigenvalue weighted by Gasteiger charge is 2.32. The molecule has 2 heterocycles. The first-order valence-electron chi connectivity index (χ1n) is 19.5. The SMILES string of the molecule is CCOC(=O)c1c(NC(=O)C(Sc2cccc(NC(=O)/C(=C/c3cccc(OC)c3)NC(=O)c3ccccc3)c2)c2ccccc2)sc2c1CCN(Cc1ccccc1)C2. The summed E-state index contributed by atoms with van der Waals surface area (Å²) in [4.78, 5) is 59.1. The average molecular weight is 837 g/mol. The second-order valence-electron chi connectivity index (χ2n) is 13.9. The quantitative estimate of drug-likeness (QED) is 0.0531. The van der Waals surface area contributed by atoms with E-state index >= 15 is 0 Å². The molecule has 6 aromatic rings. The van der Waals surface area contributed by atoms with E-state index < -0.39 is 23.0 Å². The van der Waals surface area contributed by atoms with E-state index in [0.717, 1.165) is 29.1 Å². The molecule has 5 aromatic carbocycles. The number of esters is 1. The second-order valence-corrected chi connectivity index (χ2v) is 16.2. The molecule has 0 saturated carbocycles. The number of carbonyl (C=O) groups excluding carboxylic acids is 4. The van der Waals surface area contributed by atoms with Gasteiger partial charge in [0, 0.05) is 40.7 Å². The number of benzene rings is 5. The summed E-state index contributed by atoms with van der Waals surface area (Å²) in [5.74, 6) is -1.15. The Hall–Kier alpha value is -6.47. The minimum absolute atomic E-state index is 0.0240. The van der Waals surface area contributed by atoms with Crippen molar-refractivity contribution in [2.24, 2.45) is 0 Å². The van der Waals surface area contributed by atoms with Crippen LogP contribution in [0.25, 0.3) is 6.08 Å². The number of methoxy groups -OCH3 is 1. The number of anilines is 2. The number of ether oxygens (including phenoxy) is 2. The number of amides is 3. The Balaban J connectivity index is 1.12. The first-order valence-corrected chi connectivity index (χ1v) is 21.2. The summed E-state index contributed by atoms with van der Waals surface area (Å²) in [6.45, 7) is 4.19. The molecule has 0 radical (unpaired) electrons. The lowest BCUT2D eigenvalue weighted by atomic mass is 10.0. The van der Waals surface area contributed by atoms with Crippen LogP contribution in [0.3, 0.4) is 0 Å². The maximum Gasteiger partial charge on any atom is 0.341 e. The molecule has 0 saturated heterocycles. The molecule has 12 heteroatoms. The smallest absolute Gasteiger partial charge is 0.341 e. The minimum Gasteiger partial charge on any atom is -0.497 e. The summed E-state index contributed by atoms with van der Waals surface area (Å²) in [5.41, 5.74) is 4.84. The number of hydrogen-bond donors (Lipinski definition) is 3. The van der Waals surface area contributed by atoms with Crippen molar-refractivity contribution in [2.45, 2.75) is 36.6 Å². The fourth-order valence-electron chi connectivity index (χ4n) is 6.84. The summed E-state index contributed by atoms with van der Waals surface area (Å²) in [7, 11) is 1.56. The van der Waals surface area contributed by atoms with Gasteiger partial charge in [-0.1, -0.05) is 97.1 Å². The van der Waals surface area contributed by atoms with Crippen molar-refractivity contribution in [3.05, 3.63) is 183 Å². The number of carbonyl (C=O) groups is 4. The molecule has 1 aliphatic heterocycles. The van der Waals surface area contributed by atoms with Crippen molar-refractivity contribution in [1.29, 1.82) is 0 Å². The molecule has 1 atom stereocenters. The predicted molar refractivity (Wildman–Crippen MR) is 238 cm³/mol. The Morgan fingerprint density at radius 2 is 1.55 bits per heavy atom. The van der Waals surface area contributed by atoms with Gasteiger partial charge < -0.3 is 25.4 Å². The summed E-state index contributed by atoms with van der Waals surface area (Å²) < 4.78 is 10.9. The molecule has 10 nitrogen and oxygen atoms in total. The molecule has 0 bridgehead atoms. The molecular weight excluding hydrogens is 793 g/mol. The van der Waals surface area contributed by atoms with Crippen LogP contribution in [0.15, 0.2) is 150 Å². The van der Waals surface area contributed by atoms with E-state index in [1.54, 1.807) is 86.8 Å². The van der Waals surface area contributed by atoms with Gasteiger partial charge in [-0.2, -0.15) is 0 Å². The Kier molecular flexibility index (Phi) is 13.9. The maximum atomic E-state index is 14.4. The molecule has 3 N–H and O–H groups in total. The van der Waals surface area contributed by atoms with E-state index in [1.807, 2.05) is 60.7 Å². The van der Waals surface area contributed by atoms with Gasteiger partial charge >= 0.3 is 5.97 Å². The molecule has 0 fully saturated rings. The molecule has 0 aliphatic carbocycles. The van der Waals surface area contributed by atoms with E-state index in [4.69, 9.17) is 9.47 Å². The lowest BCUT2D eigenvalue weighted by Gasteiger charge is -2.27. The summed E-state index contributed by atoms with van der Waals surface area (Å²) >= 11 is 2.73. The van der Waals surface area contributed by atoms with Gasteiger partial charge in [0.1, 0.15) is 21.7 Å². The van der Waals surface area contributed by atoms with Crippen LogP contribution in [-0.4, -0.2) is 48.9 Å². The van der Waals surface area contributed by atoms with Crippen LogP contribution in [0, 0.1) is 0 Å². The van der Waals surface area contributed by atoms with Gasteiger partial charge in [0.2, 0.25) is 5.91 Å². The van der Waals surface area contributed by atoms with Gasteiger partial charge in [-0.25, -0.2) is 4.79 Å². The van der Waals surface area contributed by atoms with Crippen LogP contribution in [0.4, 0.5) is 10.7 Å². The van der Waals surface area contributed by atoms with Crippen LogP contribution in [0.2, 0.25) is 0 Å². The van der Waals surface area contributed by atoms with E-state index in [2.05, 4.69) is 33.0 Å². The number of hydrogen-bond acceptors (Lipinski definition) is 9. The van der Waals surface area contributed by atoms with Crippen LogP contribution >= 0.6 is 23.1 Å². The Bertz CT molecular complexity index is 2490. The number of thioether (sulfide) groups is 1. The average Bonchev–Trinajstić information content (AvgIpc) is 3.63. The van der Waals surface area contributed by atoms with Crippen molar-refractivity contribution in [3.8, 4) is 5.75 Å². The third-order valence-corrected chi connectivity index (χ3v) is 12.1. The lowest BCUT2D eigenvalue weighted by molar-refractivity contribution is -0.116. The van der Waals surface area contributed by atoms with Crippen LogP contribution in [0.1, 0.15) is 60.0 Å². The number of nitrogens with one attached hydrogen (secondary N) is 3. The standard InChI is InChI=1S/C48H44N4O6S2/c1-3-58-48(56)42-39-25-26-52(30-32-15-7-4-8-16-32)31-41(39)60-47(42)51-46(55)43(34-18-9-5-10-19-34)59-38-24-14-22-36(29-38)49-45(54)40(28-33-17-13-23-37(27-33)57-2)50-44(53)35-20-11-6-12-21-35/h4-24,27-29,43H,3,25-26,30-31H2,1-2H3,(H,49,54)(H,50,53)(H,51,55)/b40-28-. The zero-order valence-corrected chi connectivity index (χ0v) is 34.8. The minimum atomic E-state index is -0.727. The molecule has 3 amide bonds. The summed E-state index contributed by atoms with van der Waals surface area (Å²) in [6, 6.07) is 42.7. The lowest BCUT2D eigenvalue weighted by Crippen LogP contribution is -2.30. The molecular formula is C48H44N4O6S2. The van der Waals surface area contributed by atoms with Crippen LogP contribution in [0.5, 0.6) is 5.75 Å². The summed E-state index contributed by atoms with van der Waals surface area (Å²) in [6.07, 6.45) is 2.24. The number of fused-ring (bicyclic) bond motifs is 1. The number of nitrogens with zero attached hydrogens (tertiary/aromatic N) is 1.